The monoisotopic (exact) mass is 492 g/mol. The van der Waals surface area contributed by atoms with Crippen LogP contribution in [0.4, 0.5) is 0 Å². The van der Waals surface area contributed by atoms with E-state index in [9.17, 15) is 40.5 Å². The van der Waals surface area contributed by atoms with Crippen molar-refractivity contribution in [2.24, 2.45) is 0 Å². The Morgan fingerprint density at radius 2 is 1.60 bits per heavy atom. The van der Waals surface area contributed by atoms with Gasteiger partial charge in [-0.1, -0.05) is 0 Å². The van der Waals surface area contributed by atoms with Crippen molar-refractivity contribution >= 4 is 11.0 Å². The number of fused-ring (bicyclic) bond motifs is 1. The van der Waals surface area contributed by atoms with Crippen LogP contribution < -0.4 is 14.9 Å². The Balaban J connectivity index is 1.95. The van der Waals surface area contributed by atoms with Crippen molar-refractivity contribution in [2.75, 3.05) is 13.7 Å². The number of phenols is 3. The van der Waals surface area contributed by atoms with Gasteiger partial charge in [-0.2, -0.15) is 0 Å². The molecule has 1 aliphatic heterocycles. The van der Waals surface area contributed by atoms with Crippen LogP contribution in [0.25, 0.3) is 22.3 Å². The minimum Gasteiger partial charge on any atom is -0.508 e. The molecule has 188 valence electrons. The summed E-state index contributed by atoms with van der Waals surface area (Å²) in [5, 5.41) is 70.4. The molecule has 0 amide bonds. The number of phenolic OH excluding ortho intramolecular Hbond substituents is 3. The van der Waals surface area contributed by atoms with Gasteiger partial charge in [0.25, 0.3) is 0 Å². The first-order chi connectivity index (χ1) is 16.6. The van der Waals surface area contributed by atoms with E-state index in [2.05, 4.69) is 0 Å². The van der Waals surface area contributed by atoms with E-state index < -0.39 is 71.0 Å². The molecule has 3 aromatic rings. The molecule has 1 saturated heterocycles. The summed E-state index contributed by atoms with van der Waals surface area (Å²) in [6, 6.07) is 5.56. The predicted octanol–water partition coefficient (Wildman–Crippen LogP) is 0.0725. The molecular formula is C23H24O12. The molecule has 2 aromatic carbocycles. The maximum atomic E-state index is 13.3. The Morgan fingerprint density at radius 3 is 2.20 bits per heavy atom. The molecule has 4 rings (SSSR count). The van der Waals surface area contributed by atoms with Crippen molar-refractivity contribution in [1.82, 2.24) is 0 Å². The Labute approximate surface area is 197 Å². The molecule has 0 unspecified atom stereocenters. The summed E-state index contributed by atoms with van der Waals surface area (Å²) in [6.45, 7) is 0.577. The van der Waals surface area contributed by atoms with Crippen molar-refractivity contribution in [3.05, 3.63) is 40.1 Å². The van der Waals surface area contributed by atoms with Crippen LogP contribution in [0.5, 0.6) is 28.7 Å². The molecule has 1 fully saturated rings. The Morgan fingerprint density at radius 1 is 0.943 bits per heavy atom. The quantitative estimate of drug-likeness (QED) is 0.253. The van der Waals surface area contributed by atoms with E-state index in [1.54, 1.807) is 0 Å². The van der Waals surface area contributed by atoms with Gasteiger partial charge in [0.2, 0.25) is 23.2 Å². The standard InChI is InChI=1S/C23H24O12/c1-8-13(26)12-16(29)21(32-2)19(9-3-5-10(25)6-4-9)34-20(12)22(14(8)27)35-23-18(31)17(30)15(28)11(7-24)33-23/h3-6,11,15,17-18,23-28,30-31H,7H2,1-2H3/t11-,15-,17+,18-,23+/m1/s1. The second-order valence-corrected chi connectivity index (χ2v) is 8.01. The second-order valence-electron chi connectivity index (χ2n) is 8.01. The summed E-state index contributed by atoms with van der Waals surface area (Å²) in [4.78, 5) is 13.3. The third-order valence-electron chi connectivity index (χ3n) is 5.86. The van der Waals surface area contributed by atoms with Crippen molar-refractivity contribution in [1.29, 1.82) is 0 Å². The van der Waals surface area contributed by atoms with Gasteiger partial charge in [0, 0.05) is 11.1 Å². The number of rotatable bonds is 5. The lowest BCUT2D eigenvalue weighted by Gasteiger charge is -2.39. The highest BCUT2D eigenvalue weighted by Gasteiger charge is 2.45. The number of aliphatic hydroxyl groups excluding tert-OH is 4. The van der Waals surface area contributed by atoms with Crippen molar-refractivity contribution in [2.45, 2.75) is 37.6 Å². The number of hydrogen-bond donors (Lipinski definition) is 7. The second kappa shape index (κ2) is 9.24. The van der Waals surface area contributed by atoms with Gasteiger partial charge in [0.1, 0.15) is 41.3 Å². The third-order valence-corrected chi connectivity index (χ3v) is 5.86. The van der Waals surface area contributed by atoms with Crippen molar-refractivity contribution in [3.8, 4) is 40.1 Å². The lowest BCUT2D eigenvalue weighted by molar-refractivity contribution is -0.277. The number of methoxy groups -OCH3 is 1. The molecule has 7 N–H and O–H groups in total. The Bertz CT molecular complexity index is 1300. The number of ether oxygens (including phenoxy) is 3. The SMILES string of the molecule is COc1c(-c2ccc(O)cc2)oc2c(O[C@@H]3O[C@H](CO)[C@@H](O)[C@H](O)[C@H]3O)c(O)c(C)c(O)c2c1=O. The van der Waals surface area contributed by atoms with Gasteiger partial charge in [0.15, 0.2) is 17.1 Å². The van der Waals surface area contributed by atoms with Crippen LogP contribution in [-0.2, 0) is 4.74 Å². The summed E-state index contributed by atoms with van der Waals surface area (Å²) in [5.74, 6) is -2.22. The fourth-order valence-electron chi connectivity index (χ4n) is 3.85. The Hall–Kier alpha value is -3.55. The summed E-state index contributed by atoms with van der Waals surface area (Å²) in [7, 11) is 1.22. The molecule has 0 radical (unpaired) electrons. The summed E-state index contributed by atoms with van der Waals surface area (Å²) < 4.78 is 22.0. The predicted molar refractivity (Wildman–Crippen MR) is 119 cm³/mol. The van der Waals surface area contributed by atoms with Crippen LogP contribution in [0.1, 0.15) is 5.56 Å². The summed E-state index contributed by atoms with van der Waals surface area (Å²) >= 11 is 0. The molecule has 12 heteroatoms. The van der Waals surface area contributed by atoms with Gasteiger partial charge in [-0.3, -0.25) is 4.79 Å². The molecular weight excluding hydrogens is 468 g/mol. The average molecular weight is 492 g/mol. The van der Waals surface area contributed by atoms with E-state index in [1.165, 1.54) is 38.3 Å². The van der Waals surface area contributed by atoms with Crippen molar-refractivity contribution < 1.29 is 54.4 Å². The molecule has 35 heavy (non-hydrogen) atoms. The minimum atomic E-state index is -1.82. The van der Waals surface area contributed by atoms with E-state index in [-0.39, 0.29) is 22.8 Å². The van der Waals surface area contributed by atoms with Crippen LogP contribution in [0.15, 0.2) is 33.5 Å². The first-order valence-electron chi connectivity index (χ1n) is 10.5. The zero-order valence-electron chi connectivity index (χ0n) is 18.6. The smallest absolute Gasteiger partial charge is 0.239 e. The van der Waals surface area contributed by atoms with Crippen LogP contribution >= 0.6 is 0 Å². The van der Waals surface area contributed by atoms with Gasteiger partial charge >= 0.3 is 0 Å². The molecule has 1 aromatic heterocycles. The summed E-state index contributed by atoms with van der Waals surface area (Å²) in [5.41, 5.74) is -1.10. The highest BCUT2D eigenvalue weighted by atomic mass is 16.7. The van der Waals surface area contributed by atoms with E-state index in [0.29, 0.717) is 5.56 Å². The van der Waals surface area contributed by atoms with Crippen LogP contribution in [-0.4, -0.2) is 80.2 Å². The van der Waals surface area contributed by atoms with E-state index in [0.717, 1.165) is 0 Å². The van der Waals surface area contributed by atoms with Gasteiger partial charge in [0.05, 0.1) is 13.7 Å². The maximum Gasteiger partial charge on any atom is 0.239 e. The first-order valence-corrected chi connectivity index (χ1v) is 10.5. The molecule has 1 aliphatic rings. The molecule has 0 bridgehead atoms. The third kappa shape index (κ3) is 4.00. The molecule has 0 spiro atoms. The average Bonchev–Trinajstić information content (AvgIpc) is 2.85. The van der Waals surface area contributed by atoms with Crippen LogP contribution in [0.3, 0.4) is 0 Å². The maximum absolute atomic E-state index is 13.3. The highest BCUT2D eigenvalue weighted by Crippen LogP contribution is 2.46. The normalized spacial score (nSPS) is 24.5. The molecule has 0 saturated carbocycles. The fourth-order valence-corrected chi connectivity index (χ4v) is 3.85. The zero-order valence-corrected chi connectivity index (χ0v) is 18.6. The number of aromatic hydroxyl groups is 3. The molecule has 5 atom stereocenters. The molecule has 0 aliphatic carbocycles. The van der Waals surface area contributed by atoms with Crippen LogP contribution in [0.2, 0.25) is 0 Å². The number of benzene rings is 2. The number of aliphatic hydroxyl groups is 4. The zero-order chi connectivity index (χ0) is 25.6. The van der Waals surface area contributed by atoms with Gasteiger partial charge in [-0.25, -0.2) is 0 Å². The fraction of sp³-hybridized carbons (Fsp3) is 0.348. The lowest BCUT2D eigenvalue weighted by atomic mass is 9.99. The summed E-state index contributed by atoms with van der Waals surface area (Å²) in [6.07, 6.45) is -8.25. The topological polar surface area (TPSA) is 200 Å². The Kier molecular flexibility index (Phi) is 6.49. The van der Waals surface area contributed by atoms with E-state index >= 15 is 0 Å². The largest absolute Gasteiger partial charge is 0.508 e. The van der Waals surface area contributed by atoms with Gasteiger partial charge < -0.3 is 54.4 Å². The van der Waals surface area contributed by atoms with E-state index in [1.807, 2.05) is 0 Å². The van der Waals surface area contributed by atoms with Gasteiger partial charge in [-0.15, -0.1) is 0 Å². The highest BCUT2D eigenvalue weighted by molar-refractivity contribution is 5.94. The molecule has 2 heterocycles. The van der Waals surface area contributed by atoms with Gasteiger partial charge in [-0.05, 0) is 31.2 Å². The molecule has 12 nitrogen and oxygen atoms in total. The lowest BCUT2D eigenvalue weighted by Crippen LogP contribution is -2.60. The minimum absolute atomic E-state index is 0.0478. The number of hydrogen-bond acceptors (Lipinski definition) is 12. The first kappa shape index (κ1) is 24.6. The van der Waals surface area contributed by atoms with E-state index in [4.69, 9.17) is 18.6 Å². The van der Waals surface area contributed by atoms with Crippen LogP contribution in [0, 0.1) is 6.92 Å². The van der Waals surface area contributed by atoms with Crippen molar-refractivity contribution in [3.63, 3.8) is 0 Å².